The van der Waals surface area contributed by atoms with E-state index in [9.17, 15) is 22.5 Å². The number of halogens is 3. The third-order valence-corrected chi connectivity index (χ3v) is 4.77. The summed E-state index contributed by atoms with van der Waals surface area (Å²) in [5, 5.41) is 1.64. The third kappa shape index (κ3) is 7.83. The first kappa shape index (κ1) is 20.4. The molecular formula is C12H23F3NO4P. The standard InChI is InChI=1S/C12H23F3NO4P/c1-4-6-8-19-21(18,20-9-7-5-2)10(3)16-11(17)12(13,14)15/h10H,4-9H2,1-3H3,(H,16,17). The van der Waals surface area contributed by atoms with Crippen LogP contribution in [0.3, 0.4) is 0 Å². The van der Waals surface area contributed by atoms with Crippen LogP contribution in [0.25, 0.3) is 0 Å². The SMILES string of the molecule is CCCCOP(=O)(OCCCC)C(C)NC(=O)C(F)(F)F. The van der Waals surface area contributed by atoms with Crippen LogP contribution < -0.4 is 5.32 Å². The van der Waals surface area contributed by atoms with Crippen molar-refractivity contribution in [3.8, 4) is 0 Å². The fraction of sp³-hybridized carbons (Fsp3) is 0.917. The van der Waals surface area contributed by atoms with E-state index in [1.54, 1.807) is 5.32 Å². The van der Waals surface area contributed by atoms with E-state index in [-0.39, 0.29) is 13.2 Å². The Labute approximate surface area is 123 Å². The molecule has 21 heavy (non-hydrogen) atoms. The molecule has 0 aromatic carbocycles. The highest BCUT2D eigenvalue weighted by Crippen LogP contribution is 2.52. The van der Waals surface area contributed by atoms with Crippen LogP contribution in [0.15, 0.2) is 0 Å². The van der Waals surface area contributed by atoms with Crippen LogP contribution in [-0.2, 0) is 18.4 Å². The lowest BCUT2D eigenvalue weighted by Crippen LogP contribution is -2.42. The summed E-state index contributed by atoms with van der Waals surface area (Å²) in [5.74, 6) is -3.52. The Kier molecular flexibility index (Phi) is 9.17. The molecule has 0 radical (unpaired) electrons. The number of unbranched alkanes of at least 4 members (excludes halogenated alkanes) is 2. The molecule has 0 fully saturated rings. The second-order valence-electron chi connectivity index (χ2n) is 4.56. The van der Waals surface area contributed by atoms with Crippen molar-refractivity contribution >= 4 is 13.5 Å². The van der Waals surface area contributed by atoms with Gasteiger partial charge >= 0.3 is 19.7 Å². The maximum absolute atomic E-state index is 12.5. The van der Waals surface area contributed by atoms with Gasteiger partial charge in [-0.25, -0.2) is 0 Å². The maximum atomic E-state index is 12.5. The highest BCUT2D eigenvalue weighted by atomic mass is 31.2. The van der Waals surface area contributed by atoms with E-state index < -0.39 is 25.5 Å². The molecule has 5 nitrogen and oxygen atoms in total. The number of rotatable bonds is 10. The molecule has 0 aliphatic heterocycles. The average Bonchev–Trinajstić information content (AvgIpc) is 2.38. The normalized spacial score (nSPS) is 14.0. The number of nitrogens with one attached hydrogen (secondary N) is 1. The van der Waals surface area contributed by atoms with Crippen LogP contribution in [0, 0.1) is 0 Å². The van der Waals surface area contributed by atoms with Crippen LogP contribution in [0.1, 0.15) is 46.5 Å². The molecule has 0 saturated heterocycles. The van der Waals surface area contributed by atoms with Crippen LogP contribution in [0.5, 0.6) is 0 Å². The van der Waals surface area contributed by atoms with E-state index in [2.05, 4.69) is 0 Å². The molecule has 0 aromatic rings. The van der Waals surface area contributed by atoms with Crippen molar-refractivity contribution in [2.75, 3.05) is 13.2 Å². The van der Waals surface area contributed by atoms with E-state index in [1.165, 1.54) is 6.92 Å². The molecule has 0 spiro atoms. The van der Waals surface area contributed by atoms with Crippen molar-refractivity contribution in [2.45, 2.75) is 58.4 Å². The Hall–Kier alpha value is -0.590. The van der Waals surface area contributed by atoms with Gasteiger partial charge in [-0.15, -0.1) is 0 Å². The minimum Gasteiger partial charge on any atom is -0.334 e. The first-order valence-corrected chi connectivity index (χ1v) is 8.55. The minimum absolute atomic E-state index is 0.103. The number of hydrogen-bond donors (Lipinski definition) is 1. The molecule has 1 atom stereocenters. The fourth-order valence-electron chi connectivity index (χ4n) is 1.28. The largest absolute Gasteiger partial charge is 0.471 e. The van der Waals surface area contributed by atoms with Crippen molar-refractivity contribution in [1.82, 2.24) is 5.32 Å². The van der Waals surface area contributed by atoms with E-state index in [0.29, 0.717) is 12.8 Å². The first-order chi connectivity index (χ1) is 9.67. The molecule has 126 valence electrons. The summed E-state index contributed by atoms with van der Waals surface area (Å²) in [4.78, 5) is 10.9. The molecule has 1 amide bonds. The van der Waals surface area contributed by atoms with Gasteiger partial charge in [0, 0.05) is 0 Å². The Morgan fingerprint density at radius 1 is 1.14 bits per heavy atom. The van der Waals surface area contributed by atoms with E-state index in [0.717, 1.165) is 12.8 Å². The molecular weight excluding hydrogens is 310 g/mol. The number of alkyl halides is 3. The monoisotopic (exact) mass is 333 g/mol. The van der Waals surface area contributed by atoms with Gasteiger partial charge in [-0.3, -0.25) is 9.36 Å². The Bertz CT molecular complexity index is 349. The number of hydrogen-bond acceptors (Lipinski definition) is 4. The van der Waals surface area contributed by atoms with Crippen molar-refractivity contribution < 1.29 is 31.6 Å². The van der Waals surface area contributed by atoms with Crippen molar-refractivity contribution in [3.05, 3.63) is 0 Å². The number of amides is 1. The molecule has 9 heteroatoms. The smallest absolute Gasteiger partial charge is 0.334 e. The molecule has 0 heterocycles. The molecule has 1 N–H and O–H groups in total. The van der Waals surface area contributed by atoms with Crippen LogP contribution in [0.4, 0.5) is 13.2 Å². The second kappa shape index (κ2) is 9.43. The summed E-state index contributed by atoms with van der Waals surface area (Å²) in [6.45, 7) is 5.17. The maximum Gasteiger partial charge on any atom is 0.471 e. The first-order valence-electron chi connectivity index (χ1n) is 6.93. The highest BCUT2D eigenvalue weighted by molar-refractivity contribution is 7.54. The summed E-state index contributed by atoms with van der Waals surface area (Å²) >= 11 is 0. The summed E-state index contributed by atoms with van der Waals surface area (Å²) in [5.41, 5.74) is 0. The lowest BCUT2D eigenvalue weighted by Gasteiger charge is -2.25. The van der Waals surface area contributed by atoms with Gasteiger partial charge in [-0.1, -0.05) is 26.7 Å². The molecule has 0 rings (SSSR count). The summed E-state index contributed by atoms with van der Waals surface area (Å²) in [6, 6.07) is 0. The topological polar surface area (TPSA) is 64.6 Å². The highest BCUT2D eigenvalue weighted by Gasteiger charge is 2.43. The van der Waals surface area contributed by atoms with Gasteiger partial charge in [0.2, 0.25) is 0 Å². The van der Waals surface area contributed by atoms with Gasteiger partial charge < -0.3 is 14.4 Å². The Balaban J connectivity index is 4.75. The van der Waals surface area contributed by atoms with Gasteiger partial charge in [0.1, 0.15) is 5.78 Å². The lowest BCUT2D eigenvalue weighted by atomic mass is 10.4. The van der Waals surface area contributed by atoms with E-state index in [1.807, 2.05) is 13.8 Å². The predicted octanol–water partition coefficient (Wildman–Crippen LogP) is 3.84. The number of carbonyl (C=O) groups is 1. The van der Waals surface area contributed by atoms with Gasteiger partial charge in [0.15, 0.2) is 0 Å². The van der Waals surface area contributed by atoms with Gasteiger partial charge in [-0.2, -0.15) is 13.2 Å². The molecule has 0 aromatic heterocycles. The van der Waals surface area contributed by atoms with Crippen molar-refractivity contribution in [1.29, 1.82) is 0 Å². The van der Waals surface area contributed by atoms with Gasteiger partial charge in [0.25, 0.3) is 0 Å². The van der Waals surface area contributed by atoms with Crippen LogP contribution in [0.2, 0.25) is 0 Å². The van der Waals surface area contributed by atoms with Crippen molar-refractivity contribution in [3.63, 3.8) is 0 Å². The third-order valence-electron chi connectivity index (χ3n) is 2.61. The molecule has 0 bridgehead atoms. The molecule has 0 aliphatic rings. The zero-order valence-electron chi connectivity index (χ0n) is 12.5. The van der Waals surface area contributed by atoms with E-state index >= 15 is 0 Å². The van der Waals surface area contributed by atoms with Gasteiger partial charge in [0.05, 0.1) is 13.2 Å². The fourth-order valence-corrected chi connectivity index (χ4v) is 2.85. The quantitative estimate of drug-likeness (QED) is 0.487. The van der Waals surface area contributed by atoms with Gasteiger partial charge in [-0.05, 0) is 19.8 Å². The second-order valence-corrected chi connectivity index (χ2v) is 6.93. The Morgan fingerprint density at radius 2 is 1.57 bits per heavy atom. The zero-order valence-corrected chi connectivity index (χ0v) is 13.4. The van der Waals surface area contributed by atoms with Crippen LogP contribution >= 0.6 is 7.60 Å². The number of carbonyl (C=O) groups excluding carboxylic acids is 1. The molecule has 1 unspecified atom stereocenters. The lowest BCUT2D eigenvalue weighted by molar-refractivity contribution is -0.173. The average molecular weight is 333 g/mol. The predicted molar refractivity (Wildman–Crippen MR) is 73.0 cm³/mol. The molecule has 0 aliphatic carbocycles. The summed E-state index contributed by atoms with van der Waals surface area (Å²) in [7, 11) is -3.83. The minimum atomic E-state index is -5.04. The van der Waals surface area contributed by atoms with Crippen LogP contribution in [-0.4, -0.2) is 31.1 Å². The molecule has 0 saturated carbocycles. The summed E-state index contributed by atoms with van der Waals surface area (Å²) in [6.07, 6.45) is -2.29. The zero-order chi connectivity index (χ0) is 16.5. The Morgan fingerprint density at radius 3 is 1.90 bits per heavy atom. The summed E-state index contributed by atoms with van der Waals surface area (Å²) < 4.78 is 59.5. The van der Waals surface area contributed by atoms with Crippen molar-refractivity contribution in [2.24, 2.45) is 0 Å². The van der Waals surface area contributed by atoms with E-state index in [4.69, 9.17) is 9.05 Å².